The number of hydrogen-bond acceptors (Lipinski definition) is 6. The molecule has 0 aliphatic carbocycles. The van der Waals surface area contributed by atoms with Crippen LogP contribution in [0, 0.1) is 0 Å². The minimum absolute atomic E-state index is 0.0144. The third-order valence-corrected chi connectivity index (χ3v) is 5.46. The first-order valence-corrected chi connectivity index (χ1v) is 8.90. The summed E-state index contributed by atoms with van der Waals surface area (Å²) >= 11 is 1.56. The average Bonchev–Trinajstić information content (AvgIpc) is 2.99. The van der Waals surface area contributed by atoms with Gasteiger partial charge in [-0.15, -0.1) is 11.8 Å². The van der Waals surface area contributed by atoms with Crippen molar-refractivity contribution in [2.45, 2.75) is 50.6 Å². The van der Waals surface area contributed by atoms with Gasteiger partial charge in [0.2, 0.25) is 11.8 Å². The molecule has 2 aliphatic rings. The van der Waals surface area contributed by atoms with Crippen molar-refractivity contribution in [2.75, 3.05) is 18.9 Å². The van der Waals surface area contributed by atoms with Gasteiger partial charge in [0.05, 0.1) is 11.4 Å². The van der Waals surface area contributed by atoms with Crippen LogP contribution in [0.25, 0.3) is 0 Å². The number of carbonyl (C=O) groups is 4. The van der Waals surface area contributed by atoms with Gasteiger partial charge in [-0.1, -0.05) is 0 Å². The monoisotopic (exact) mass is 357 g/mol. The van der Waals surface area contributed by atoms with Crippen LogP contribution in [0.3, 0.4) is 0 Å². The van der Waals surface area contributed by atoms with Crippen molar-refractivity contribution >= 4 is 35.5 Å². The molecule has 0 aromatic heterocycles. The number of amides is 3. The van der Waals surface area contributed by atoms with Crippen molar-refractivity contribution in [1.29, 1.82) is 0 Å². The lowest BCUT2D eigenvalue weighted by Crippen LogP contribution is -2.47. The molecule has 0 aromatic carbocycles. The number of carbonyl (C=O) groups excluding carboxylic acids is 4. The number of nitrogens with zero attached hydrogens (tertiary/aromatic N) is 1. The Morgan fingerprint density at radius 2 is 2.08 bits per heavy atom. The molecule has 2 saturated heterocycles. The molecular weight excluding hydrogens is 334 g/mol. The summed E-state index contributed by atoms with van der Waals surface area (Å²) in [5, 5.41) is 5.02. The Labute approximate surface area is 145 Å². The fourth-order valence-corrected chi connectivity index (χ4v) is 4.25. The topological polar surface area (TPSA) is 105 Å². The summed E-state index contributed by atoms with van der Waals surface area (Å²) in [6, 6.07) is -0.661. The summed E-state index contributed by atoms with van der Waals surface area (Å²) in [7, 11) is 0. The number of hydrogen-bond donors (Lipinski definition) is 2. The molecule has 24 heavy (non-hydrogen) atoms. The van der Waals surface area contributed by atoms with Crippen LogP contribution in [0.5, 0.6) is 0 Å². The fourth-order valence-electron chi connectivity index (χ4n) is 2.83. The molecule has 2 N–H and O–H groups in total. The first-order chi connectivity index (χ1) is 11.2. The Morgan fingerprint density at radius 1 is 1.38 bits per heavy atom. The minimum atomic E-state index is -0.646. The molecule has 0 bridgehead atoms. The molecule has 0 spiro atoms. The third-order valence-electron chi connectivity index (χ3n) is 3.96. The highest BCUT2D eigenvalue weighted by molar-refractivity contribution is 8.01. The zero-order valence-corrected chi connectivity index (χ0v) is 14.9. The third kappa shape index (κ3) is 4.19. The molecule has 2 heterocycles. The first kappa shape index (κ1) is 18.6. The molecule has 2 fully saturated rings. The van der Waals surface area contributed by atoms with Crippen molar-refractivity contribution in [2.24, 2.45) is 0 Å². The van der Waals surface area contributed by atoms with Crippen LogP contribution in [0.1, 0.15) is 33.6 Å². The van der Waals surface area contributed by atoms with E-state index < -0.39 is 24.5 Å². The standard InChI is InChI=1S/C15H23N3O5S/c1-9(2)17-11(19)6-16-12(20)7-23-14(22)10-8-24-15(3)5-4-13(21)18(10)15/h9-10H,4-8H2,1-3H3,(H,16,20)(H,17,19)/t10-,15+/m1/s1. The lowest BCUT2D eigenvalue weighted by Gasteiger charge is -2.29. The van der Waals surface area contributed by atoms with Gasteiger partial charge in [0.15, 0.2) is 6.61 Å². The van der Waals surface area contributed by atoms with Gasteiger partial charge >= 0.3 is 5.97 Å². The zero-order valence-electron chi connectivity index (χ0n) is 14.1. The first-order valence-electron chi connectivity index (χ1n) is 7.92. The van der Waals surface area contributed by atoms with Crippen LogP contribution in [0.2, 0.25) is 0 Å². The summed E-state index contributed by atoms with van der Waals surface area (Å²) in [4.78, 5) is 48.4. The second-order valence-corrected chi connectivity index (χ2v) is 7.87. The number of fused-ring (bicyclic) bond motifs is 1. The number of rotatable bonds is 6. The summed E-state index contributed by atoms with van der Waals surface area (Å²) in [6.45, 7) is 4.93. The van der Waals surface area contributed by atoms with Crippen LogP contribution in [0.15, 0.2) is 0 Å². The summed E-state index contributed by atoms with van der Waals surface area (Å²) in [5.74, 6) is -1.03. The molecule has 134 valence electrons. The molecule has 3 amide bonds. The SMILES string of the molecule is CC(C)NC(=O)CNC(=O)COC(=O)[C@H]1CS[C@@]2(C)CCC(=O)N12. The highest BCUT2D eigenvalue weighted by atomic mass is 32.2. The van der Waals surface area contributed by atoms with Gasteiger partial charge in [-0.3, -0.25) is 14.4 Å². The van der Waals surface area contributed by atoms with Gasteiger partial charge in [0.1, 0.15) is 6.04 Å². The highest BCUT2D eigenvalue weighted by Crippen LogP contribution is 2.47. The molecule has 0 radical (unpaired) electrons. The van der Waals surface area contributed by atoms with E-state index >= 15 is 0 Å². The number of ether oxygens (including phenoxy) is 1. The van der Waals surface area contributed by atoms with E-state index in [1.54, 1.807) is 16.7 Å². The Bertz CT molecular complexity index is 553. The smallest absolute Gasteiger partial charge is 0.330 e. The van der Waals surface area contributed by atoms with Crippen molar-refractivity contribution in [3.63, 3.8) is 0 Å². The van der Waals surface area contributed by atoms with Gasteiger partial charge in [-0.05, 0) is 27.2 Å². The number of esters is 1. The van der Waals surface area contributed by atoms with Gasteiger partial charge in [-0.2, -0.15) is 0 Å². The van der Waals surface area contributed by atoms with E-state index in [0.29, 0.717) is 18.6 Å². The second-order valence-electron chi connectivity index (χ2n) is 6.37. The van der Waals surface area contributed by atoms with E-state index in [0.717, 1.165) is 0 Å². The summed E-state index contributed by atoms with van der Waals surface area (Å²) in [6.07, 6.45) is 1.14. The maximum absolute atomic E-state index is 12.2. The fraction of sp³-hybridized carbons (Fsp3) is 0.733. The van der Waals surface area contributed by atoms with E-state index in [2.05, 4.69) is 10.6 Å². The van der Waals surface area contributed by atoms with Gasteiger partial charge < -0.3 is 20.3 Å². The zero-order chi connectivity index (χ0) is 17.9. The molecule has 2 atom stereocenters. The van der Waals surface area contributed by atoms with Crippen LogP contribution >= 0.6 is 11.8 Å². The normalized spacial score (nSPS) is 25.6. The lowest BCUT2D eigenvalue weighted by atomic mass is 10.2. The number of nitrogens with one attached hydrogen (secondary N) is 2. The average molecular weight is 357 g/mol. The van der Waals surface area contributed by atoms with E-state index in [1.165, 1.54) is 0 Å². The quantitative estimate of drug-likeness (QED) is 0.628. The summed E-state index contributed by atoms with van der Waals surface area (Å²) < 4.78 is 5.01. The lowest BCUT2D eigenvalue weighted by molar-refractivity contribution is -0.156. The Balaban J connectivity index is 1.76. The molecule has 0 unspecified atom stereocenters. The van der Waals surface area contributed by atoms with E-state index in [4.69, 9.17) is 4.74 Å². The number of thioether (sulfide) groups is 1. The molecule has 0 aromatic rings. The predicted molar refractivity (Wildman–Crippen MR) is 88.0 cm³/mol. The predicted octanol–water partition coefficient (Wildman–Crippen LogP) is -0.376. The van der Waals surface area contributed by atoms with Gasteiger partial charge in [0.25, 0.3) is 5.91 Å². The van der Waals surface area contributed by atoms with E-state index in [-0.39, 0.29) is 29.3 Å². The van der Waals surface area contributed by atoms with Crippen molar-refractivity contribution < 1.29 is 23.9 Å². The van der Waals surface area contributed by atoms with Crippen molar-refractivity contribution in [3.05, 3.63) is 0 Å². The van der Waals surface area contributed by atoms with Gasteiger partial charge in [0, 0.05) is 18.2 Å². The second kappa shape index (κ2) is 7.42. The largest absolute Gasteiger partial charge is 0.454 e. The Kier molecular flexibility index (Phi) is 5.74. The van der Waals surface area contributed by atoms with E-state index in [9.17, 15) is 19.2 Å². The van der Waals surface area contributed by atoms with Crippen molar-refractivity contribution in [1.82, 2.24) is 15.5 Å². The molecule has 0 saturated carbocycles. The maximum Gasteiger partial charge on any atom is 0.330 e. The molecule has 8 nitrogen and oxygen atoms in total. The Hall–Kier alpha value is -1.77. The highest BCUT2D eigenvalue weighted by Gasteiger charge is 2.53. The van der Waals surface area contributed by atoms with Crippen LogP contribution < -0.4 is 10.6 Å². The maximum atomic E-state index is 12.2. The molecular formula is C15H23N3O5S. The van der Waals surface area contributed by atoms with Crippen molar-refractivity contribution in [3.8, 4) is 0 Å². The van der Waals surface area contributed by atoms with Crippen LogP contribution in [0.4, 0.5) is 0 Å². The molecule has 2 rings (SSSR count). The van der Waals surface area contributed by atoms with Crippen LogP contribution in [-0.2, 0) is 23.9 Å². The van der Waals surface area contributed by atoms with Crippen LogP contribution in [-0.4, -0.2) is 64.4 Å². The van der Waals surface area contributed by atoms with E-state index in [1.807, 2.05) is 20.8 Å². The summed E-state index contributed by atoms with van der Waals surface area (Å²) in [5.41, 5.74) is 0. The molecule has 2 aliphatic heterocycles. The minimum Gasteiger partial charge on any atom is -0.454 e. The Morgan fingerprint density at radius 3 is 2.75 bits per heavy atom. The van der Waals surface area contributed by atoms with Gasteiger partial charge in [-0.25, -0.2) is 4.79 Å². The molecule has 9 heteroatoms.